The van der Waals surface area contributed by atoms with E-state index in [1.807, 2.05) is 0 Å². The van der Waals surface area contributed by atoms with Crippen molar-refractivity contribution in [3.8, 4) is 27.9 Å². The molecular weight excluding hydrogens is 671 g/mol. The molecule has 252 valence electrons. The first-order valence-corrected chi connectivity index (χ1v) is 23.6. The van der Waals surface area contributed by atoms with Gasteiger partial charge >= 0.3 is 0 Å². The summed E-state index contributed by atoms with van der Waals surface area (Å²) in [6.07, 6.45) is 0. The van der Waals surface area contributed by atoms with E-state index < -0.39 is 16.1 Å². The molecule has 10 rings (SSSR count). The standard InChI is InChI=1S/C50H39NSi2/c1-52(2)47-30-15-13-26-42(47)43-33-32-37(35-49(43)52)36-18-16-25-41(34-36)53(39-21-8-4-9-22-39,40-23-10-5-11-24-40)48-31-17-29-46-50(48)44-27-12-14-28-45(44)51(46)38-19-6-3-7-20-38/h3-35H,1-2H3. The van der Waals surface area contributed by atoms with Gasteiger partial charge in [0.2, 0.25) is 0 Å². The molecule has 0 aliphatic carbocycles. The number of rotatable bonds is 6. The molecule has 0 fully saturated rings. The van der Waals surface area contributed by atoms with Gasteiger partial charge in [-0.1, -0.05) is 189 Å². The van der Waals surface area contributed by atoms with Crippen LogP contribution in [0.15, 0.2) is 200 Å². The van der Waals surface area contributed by atoms with Gasteiger partial charge in [0.05, 0.1) is 11.0 Å². The maximum atomic E-state index is 2.53. The Bertz CT molecular complexity index is 2760. The molecule has 0 spiro atoms. The molecule has 53 heavy (non-hydrogen) atoms. The van der Waals surface area contributed by atoms with Crippen molar-refractivity contribution in [3.05, 3.63) is 200 Å². The van der Waals surface area contributed by atoms with E-state index in [1.54, 1.807) is 5.19 Å². The Labute approximate surface area is 313 Å². The maximum Gasteiger partial charge on any atom is 0.180 e. The molecule has 0 saturated carbocycles. The lowest BCUT2D eigenvalue weighted by Gasteiger charge is -2.35. The second kappa shape index (κ2) is 12.3. The number of hydrogen-bond donors (Lipinski definition) is 0. The Morgan fingerprint density at radius 1 is 0.415 bits per heavy atom. The van der Waals surface area contributed by atoms with Crippen LogP contribution in [0.1, 0.15) is 0 Å². The lowest BCUT2D eigenvalue weighted by atomic mass is 10.0. The molecule has 0 unspecified atom stereocenters. The van der Waals surface area contributed by atoms with Crippen LogP contribution in [0.5, 0.6) is 0 Å². The van der Waals surface area contributed by atoms with Gasteiger partial charge in [0.15, 0.2) is 8.07 Å². The van der Waals surface area contributed by atoms with E-state index in [4.69, 9.17) is 0 Å². The summed E-state index contributed by atoms with van der Waals surface area (Å²) in [6, 6.07) is 75.4. The van der Waals surface area contributed by atoms with Crippen molar-refractivity contribution in [2.45, 2.75) is 13.1 Å². The van der Waals surface area contributed by atoms with Gasteiger partial charge in [-0.25, -0.2) is 0 Å². The summed E-state index contributed by atoms with van der Waals surface area (Å²) in [5.41, 5.74) is 9.04. The zero-order valence-corrected chi connectivity index (χ0v) is 32.0. The van der Waals surface area contributed by atoms with Crippen molar-refractivity contribution < 1.29 is 0 Å². The Morgan fingerprint density at radius 3 is 1.74 bits per heavy atom. The average molecular weight is 710 g/mol. The van der Waals surface area contributed by atoms with Crippen LogP contribution in [-0.4, -0.2) is 20.7 Å². The van der Waals surface area contributed by atoms with Crippen molar-refractivity contribution in [1.82, 2.24) is 4.57 Å². The lowest BCUT2D eigenvalue weighted by Crippen LogP contribution is -2.74. The summed E-state index contributed by atoms with van der Waals surface area (Å²) in [4.78, 5) is 0. The number of hydrogen-bond acceptors (Lipinski definition) is 0. The second-order valence-electron chi connectivity index (χ2n) is 14.9. The van der Waals surface area contributed by atoms with Gasteiger partial charge in [-0.2, -0.15) is 0 Å². The second-order valence-corrected chi connectivity index (χ2v) is 23.0. The molecule has 0 amide bonds. The summed E-state index contributed by atoms with van der Waals surface area (Å²) in [7, 11) is -4.77. The molecule has 1 aliphatic rings. The van der Waals surface area contributed by atoms with Crippen LogP contribution in [0.3, 0.4) is 0 Å². The predicted octanol–water partition coefficient (Wildman–Crippen LogP) is 8.63. The average Bonchev–Trinajstić information content (AvgIpc) is 3.68. The van der Waals surface area contributed by atoms with Crippen molar-refractivity contribution in [2.75, 3.05) is 0 Å². The van der Waals surface area contributed by atoms with Gasteiger partial charge in [0, 0.05) is 16.5 Å². The van der Waals surface area contributed by atoms with Crippen LogP contribution in [0.2, 0.25) is 13.1 Å². The van der Waals surface area contributed by atoms with Gasteiger partial charge in [0.1, 0.15) is 8.07 Å². The zero-order chi connectivity index (χ0) is 35.6. The molecule has 0 saturated heterocycles. The van der Waals surface area contributed by atoms with Crippen molar-refractivity contribution in [3.63, 3.8) is 0 Å². The molecule has 2 heterocycles. The highest BCUT2D eigenvalue weighted by molar-refractivity contribution is 7.21. The SMILES string of the molecule is C[Si]1(C)c2ccccc2-c2ccc(-c3cccc([Si](c4ccccc4)(c4ccccc4)c4cccc5c4c4ccccc4n5-c4ccccc4)c3)cc21. The van der Waals surface area contributed by atoms with Crippen LogP contribution in [0.25, 0.3) is 49.7 Å². The third-order valence-electron chi connectivity index (χ3n) is 11.7. The Balaban J connectivity index is 1.28. The zero-order valence-electron chi connectivity index (χ0n) is 30.0. The summed E-state index contributed by atoms with van der Waals surface area (Å²) >= 11 is 0. The third-order valence-corrected chi connectivity index (χ3v) is 20.1. The summed E-state index contributed by atoms with van der Waals surface area (Å²) in [5.74, 6) is 0. The number of fused-ring (bicyclic) bond motifs is 6. The van der Waals surface area contributed by atoms with E-state index in [2.05, 4.69) is 218 Å². The number of benzene rings is 8. The van der Waals surface area contributed by atoms with Crippen LogP contribution < -0.4 is 31.1 Å². The summed E-state index contributed by atoms with van der Waals surface area (Å²) < 4.78 is 2.45. The minimum absolute atomic E-state index is 1.18. The molecule has 9 aromatic rings. The summed E-state index contributed by atoms with van der Waals surface area (Å²) in [5, 5.41) is 11.3. The molecule has 1 nitrogen and oxygen atoms in total. The van der Waals surface area contributed by atoms with E-state index in [9.17, 15) is 0 Å². The van der Waals surface area contributed by atoms with Crippen molar-refractivity contribution in [2.24, 2.45) is 0 Å². The van der Waals surface area contributed by atoms with Gasteiger partial charge in [-0.05, 0) is 77.6 Å². The summed E-state index contributed by atoms with van der Waals surface area (Å²) in [6.45, 7) is 5.01. The van der Waals surface area contributed by atoms with Gasteiger partial charge in [-0.15, -0.1) is 0 Å². The molecule has 0 atom stereocenters. The number of nitrogens with zero attached hydrogens (tertiary/aromatic N) is 1. The van der Waals surface area contributed by atoms with Crippen LogP contribution in [-0.2, 0) is 0 Å². The smallest absolute Gasteiger partial charge is 0.180 e. The number of aromatic nitrogens is 1. The molecule has 1 aromatic heterocycles. The third kappa shape index (κ3) is 4.74. The lowest BCUT2D eigenvalue weighted by molar-refractivity contribution is 1.18. The predicted molar refractivity (Wildman–Crippen MR) is 232 cm³/mol. The van der Waals surface area contributed by atoms with E-state index in [1.165, 1.54) is 75.7 Å². The maximum absolute atomic E-state index is 2.94. The molecule has 0 N–H and O–H groups in total. The monoisotopic (exact) mass is 709 g/mol. The normalized spacial score (nSPS) is 13.2. The van der Waals surface area contributed by atoms with E-state index in [0.717, 1.165) is 0 Å². The first kappa shape index (κ1) is 31.7. The fraction of sp³-hybridized carbons (Fsp3) is 0.0400. The molecule has 3 heteroatoms. The van der Waals surface area contributed by atoms with Gasteiger partial charge in [-0.3, -0.25) is 0 Å². The largest absolute Gasteiger partial charge is 0.309 e. The van der Waals surface area contributed by atoms with E-state index in [-0.39, 0.29) is 0 Å². The quantitative estimate of drug-likeness (QED) is 0.120. The highest BCUT2D eigenvalue weighted by Crippen LogP contribution is 2.34. The highest BCUT2D eigenvalue weighted by Gasteiger charge is 2.43. The van der Waals surface area contributed by atoms with E-state index in [0.29, 0.717) is 0 Å². The Hall–Kier alpha value is -6.01. The number of para-hydroxylation sites is 2. The minimum atomic E-state index is -2.94. The first-order valence-electron chi connectivity index (χ1n) is 18.6. The van der Waals surface area contributed by atoms with Gasteiger partial charge < -0.3 is 4.57 Å². The fourth-order valence-electron chi connectivity index (χ4n) is 9.35. The molecule has 0 radical (unpaired) electrons. The fourth-order valence-corrected chi connectivity index (χ4v) is 17.5. The van der Waals surface area contributed by atoms with Crippen molar-refractivity contribution >= 4 is 69.1 Å². The molecular formula is C50H39NSi2. The van der Waals surface area contributed by atoms with Crippen LogP contribution in [0, 0.1) is 0 Å². The minimum Gasteiger partial charge on any atom is -0.309 e. The Morgan fingerprint density at radius 2 is 0.981 bits per heavy atom. The molecule has 1 aliphatic heterocycles. The van der Waals surface area contributed by atoms with Crippen molar-refractivity contribution in [1.29, 1.82) is 0 Å². The molecule has 0 bridgehead atoms. The highest BCUT2D eigenvalue weighted by atomic mass is 28.3. The molecule has 8 aromatic carbocycles. The van der Waals surface area contributed by atoms with Gasteiger partial charge in [0.25, 0.3) is 0 Å². The topological polar surface area (TPSA) is 4.93 Å². The van der Waals surface area contributed by atoms with Crippen LogP contribution >= 0.6 is 0 Å². The van der Waals surface area contributed by atoms with E-state index >= 15 is 0 Å². The van der Waals surface area contributed by atoms with Crippen LogP contribution in [0.4, 0.5) is 0 Å². The Kier molecular flexibility index (Phi) is 7.36. The first-order chi connectivity index (χ1) is 26.1.